The SMILES string of the molecule is CC(C)C(NC(=O)c1cccs1)C(=O)NCC1CN(Cc2ccccc2)CCO1. The van der Waals surface area contributed by atoms with Crippen molar-refractivity contribution >= 4 is 23.2 Å². The Kier molecular flexibility index (Phi) is 7.80. The van der Waals surface area contributed by atoms with Crippen molar-refractivity contribution < 1.29 is 14.3 Å². The largest absolute Gasteiger partial charge is 0.374 e. The Morgan fingerprint density at radius 2 is 2.00 bits per heavy atom. The van der Waals surface area contributed by atoms with E-state index >= 15 is 0 Å². The molecule has 0 saturated carbocycles. The van der Waals surface area contributed by atoms with Crippen LogP contribution in [0.5, 0.6) is 0 Å². The van der Waals surface area contributed by atoms with E-state index in [2.05, 4.69) is 27.7 Å². The van der Waals surface area contributed by atoms with Crippen LogP contribution in [0, 0.1) is 5.92 Å². The van der Waals surface area contributed by atoms with Gasteiger partial charge >= 0.3 is 0 Å². The van der Waals surface area contributed by atoms with Crippen molar-refractivity contribution in [2.45, 2.75) is 32.5 Å². The highest BCUT2D eigenvalue weighted by Gasteiger charge is 2.27. The van der Waals surface area contributed by atoms with Crippen LogP contribution in [0.3, 0.4) is 0 Å². The normalized spacial score (nSPS) is 18.4. The van der Waals surface area contributed by atoms with Crippen LogP contribution in [-0.2, 0) is 16.1 Å². The Bertz CT molecular complexity index is 780. The Hall–Kier alpha value is -2.22. The molecular weight excluding hydrogens is 386 g/mol. The predicted octanol–water partition coefficient (Wildman–Crippen LogP) is 2.52. The molecule has 29 heavy (non-hydrogen) atoms. The molecule has 2 unspecified atom stereocenters. The van der Waals surface area contributed by atoms with Crippen LogP contribution in [0.2, 0.25) is 0 Å². The summed E-state index contributed by atoms with van der Waals surface area (Å²) in [5, 5.41) is 7.67. The molecule has 156 valence electrons. The molecule has 2 aromatic rings. The minimum absolute atomic E-state index is 0.0132. The van der Waals surface area contributed by atoms with E-state index in [0.29, 0.717) is 18.0 Å². The molecule has 1 aliphatic rings. The average molecular weight is 416 g/mol. The summed E-state index contributed by atoms with van der Waals surface area (Å²) in [7, 11) is 0. The van der Waals surface area contributed by atoms with E-state index in [1.165, 1.54) is 16.9 Å². The lowest BCUT2D eigenvalue weighted by molar-refractivity contribution is -0.125. The van der Waals surface area contributed by atoms with Crippen molar-refractivity contribution in [3.8, 4) is 0 Å². The Balaban J connectivity index is 1.49. The molecule has 1 aliphatic heterocycles. The van der Waals surface area contributed by atoms with Gasteiger partial charge < -0.3 is 15.4 Å². The van der Waals surface area contributed by atoms with Gasteiger partial charge in [0.05, 0.1) is 17.6 Å². The number of ether oxygens (including phenoxy) is 1. The minimum atomic E-state index is -0.575. The molecule has 6 nitrogen and oxygen atoms in total. The second-order valence-electron chi connectivity index (χ2n) is 7.63. The van der Waals surface area contributed by atoms with Crippen LogP contribution in [0.4, 0.5) is 0 Å². The summed E-state index contributed by atoms with van der Waals surface area (Å²) < 4.78 is 5.83. The second kappa shape index (κ2) is 10.5. The monoisotopic (exact) mass is 415 g/mol. The Labute approximate surface area is 176 Å². The quantitative estimate of drug-likeness (QED) is 0.695. The van der Waals surface area contributed by atoms with E-state index in [1.54, 1.807) is 6.07 Å². The van der Waals surface area contributed by atoms with Crippen LogP contribution in [0.1, 0.15) is 29.1 Å². The molecule has 2 atom stereocenters. The summed E-state index contributed by atoms with van der Waals surface area (Å²) in [6.07, 6.45) is -0.0581. The van der Waals surface area contributed by atoms with Crippen LogP contribution in [-0.4, -0.2) is 55.1 Å². The zero-order valence-corrected chi connectivity index (χ0v) is 17.8. The molecule has 1 fully saturated rings. The van der Waals surface area contributed by atoms with Gasteiger partial charge in [0.15, 0.2) is 0 Å². The Morgan fingerprint density at radius 1 is 1.21 bits per heavy atom. The maximum absolute atomic E-state index is 12.7. The van der Waals surface area contributed by atoms with Crippen molar-refractivity contribution in [1.29, 1.82) is 0 Å². The zero-order valence-electron chi connectivity index (χ0n) is 17.0. The molecular formula is C22H29N3O3S. The number of carbonyl (C=O) groups excluding carboxylic acids is 2. The van der Waals surface area contributed by atoms with Gasteiger partial charge in [-0.25, -0.2) is 0 Å². The first-order chi connectivity index (χ1) is 14.0. The molecule has 2 N–H and O–H groups in total. The molecule has 1 saturated heterocycles. The molecule has 7 heteroatoms. The van der Waals surface area contributed by atoms with Crippen LogP contribution < -0.4 is 10.6 Å². The highest BCUT2D eigenvalue weighted by atomic mass is 32.1. The zero-order chi connectivity index (χ0) is 20.6. The first-order valence-corrected chi connectivity index (χ1v) is 10.9. The number of thiophene rings is 1. The first-order valence-electron chi connectivity index (χ1n) is 10.0. The molecule has 0 aliphatic carbocycles. The third-order valence-corrected chi connectivity index (χ3v) is 5.83. The standard InChI is InChI=1S/C22H29N3O3S/c1-16(2)20(24-21(26)19-9-6-12-29-19)22(27)23-13-18-15-25(10-11-28-18)14-17-7-4-3-5-8-17/h3-9,12,16,18,20H,10-11,13-15H2,1-2H3,(H,23,27)(H,24,26). The van der Waals surface area contributed by atoms with E-state index in [4.69, 9.17) is 4.74 Å². The average Bonchev–Trinajstić information content (AvgIpc) is 3.26. The number of hydrogen-bond acceptors (Lipinski definition) is 5. The molecule has 2 heterocycles. The number of amides is 2. The number of benzene rings is 1. The van der Waals surface area contributed by atoms with Crippen molar-refractivity contribution in [3.05, 3.63) is 58.3 Å². The van der Waals surface area contributed by atoms with Gasteiger partial charge in [0.1, 0.15) is 6.04 Å². The maximum atomic E-state index is 12.7. The highest BCUT2D eigenvalue weighted by molar-refractivity contribution is 7.12. The lowest BCUT2D eigenvalue weighted by atomic mass is 10.0. The lowest BCUT2D eigenvalue weighted by Gasteiger charge is -2.33. The van der Waals surface area contributed by atoms with Crippen molar-refractivity contribution in [2.75, 3.05) is 26.2 Å². The number of morpholine rings is 1. The first kappa shape index (κ1) is 21.5. The van der Waals surface area contributed by atoms with Gasteiger partial charge in [0.25, 0.3) is 5.91 Å². The van der Waals surface area contributed by atoms with Gasteiger partial charge in [-0.15, -0.1) is 11.3 Å². The van der Waals surface area contributed by atoms with E-state index < -0.39 is 6.04 Å². The summed E-state index contributed by atoms with van der Waals surface area (Å²) in [5.41, 5.74) is 1.27. The Morgan fingerprint density at radius 3 is 2.69 bits per heavy atom. The molecule has 0 radical (unpaired) electrons. The minimum Gasteiger partial charge on any atom is -0.374 e. The number of rotatable bonds is 8. The van der Waals surface area contributed by atoms with E-state index in [-0.39, 0.29) is 23.8 Å². The smallest absolute Gasteiger partial charge is 0.262 e. The summed E-state index contributed by atoms with van der Waals surface area (Å²) in [6, 6.07) is 13.4. The fraction of sp³-hybridized carbons (Fsp3) is 0.455. The summed E-state index contributed by atoms with van der Waals surface area (Å²) in [5.74, 6) is -0.397. The second-order valence-corrected chi connectivity index (χ2v) is 8.58. The summed E-state index contributed by atoms with van der Waals surface area (Å²) in [4.78, 5) is 28.0. The van der Waals surface area contributed by atoms with E-state index in [0.717, 1.165) is 19.6 Å². The molecule has 3 rings (SSSR count). The van der Waals surface area contributed by atoms with E-state index in [9.17, 15) is 9.59 Å². The van der Waals surface area contributed by atoms with Crippen molar-refractivity contribution in [1.82, 2.24) is 15.5 Å². The fourth-order valence-electron chi connectivity index (χ4n) is 3.37. The maximum Gasteiger partial charge on any atom is 0.262 e. The van der Waals surface area contributed by atoms with Gasteiger partial charge in [0.2, 0.25) is 5.91 Å². The van der Waals surface area contributed by atoms with Crippen LogP contribution in [0.15, 0.2) is 47.8 Å². The third kappa shape index (κ3) is 6.39. The third-order valence-electron chi connectivity index (χ3n) is 4.96. The summed E-state index contributed by atoms with van der Waals surface area (Å²) in [6.45, 7) is 7.46. The molecule has 1 aromatic carbocycles. The lowest BCUT2D eigenvalue weighted by Crippen LogP contribution is -2.53. The van der Waals surface area contributed by atoms with Gasteiger partial charge in [-0.2, -0.15) is 0 Å². The molecule has 1 aromatic heterocycles. The van der Waals surface area contributed by atoms with Gasteiger partial charge in [0, 0.05) is 26.2 Å². The van der Waals surface area contributed by atoms with Crippen LogP contribution >= 0.6 is 11.3 Å². The molecule has 2 amide bonds. The highest BCUT2D eigenvalue weighted by Crippen LogP contribution is 2.12. The van der Waals surface area contributed by atoms with E-state index in [1.807, 2.05) is 43.5 Å². The number of nitrogens with zero attached hydrogens (tertiary/aromatic N) is 1. The fourth-order valence-corrected chi connectivity index (χ4v) is 4.00. The van der Waals surface area contributed by atoms with Gasteiger partial charge in [-0.05, 0) is 22.9 Å². The van der Waals surface area contributed by atoms with Crippen molar-refractivity contribution in [3.63, 3.8) is 0 Å². The summed E-state index contributed by atoms with van der Waals surface area (Å²) >= 11 is 1.36. The van der Waals surface area contributed by atoms with Crippen LogP contribution in [0.25, 0.3) is 0 Å². The topological polar surface area (TPSA) is 70.7 Å². The number of nitrogens with one attached hydrogen (secondary N) is 2. The van der Waals surface area contributed by atoms with Gasteiger partial charge in [-0.3, -0.25) is 14.5 Å². The number of hydrogen-bond donors (Lipinski definition) is 2. The number of carbonyl (C=O) groups is 2. The van der Waals surface area contributed by atoms with Gasteiger partial charge in [-0.1, -0.05) is 50.2 Å². The van der Waals surface area contributed by atoms with Crippen molar-refractivity contribution in [2.24, 2.45) is 5.92 Å². The molecule has 0 spiro atoms. The molecule has 0 bridgehead atoms. The predicted molar refractivity (Wildman–Crippen MR) is 115 cm³/mol.